The van der Waals surface area contributed by atoms with Crippen molar-refractivity contribution in [1.82, 2.24) is 0 Å². The second kappa shape index (κ2) is 7.92. The molecule has 0 spiro atoms. The predicted molar refractivity (Wildman–Crippen MR) is 99.6 cm³/mol. The van der Waals surface area contributed by atoms with Gasteiger partial charge in [0.25, 0.3) is 0 Å². The Morgan fingerprint density at radius 2 is 1.70 bits per heavy atom. The van der Waals surface area contributed by atoms with E-state index >= 15 is 0 Å². The molecule has 2 aromatic carbocycles. The average molecular weight is 396 g/mol. The van der Waals surface area contributed by atoms with Crippen LogP contribution in [0.15, 0.2) is 42.5 Å². The van der Waals surface area contributed by atoms with Crippen molar-refractivity contribution >= 4 is 11.6 Å². The van der Waals surface area contributed by atoms with Gasteiger partial charge in [0.1, 0.15) is 0 Å². The molecule has 0 aliphatic rings. The number of aryl methyl sites for hydroxylation is 1. The summed E-state index contributed by atoms with van der Waals surface area (Å²) in [6.07, 6.45) is -5.35. The molecule has 27 heavy (non-hydrogen) atoms. The van der Waals surface area contributed by atoms with Gasteiger partial charge in [0.2, 0.25) is 0 Å². The number of nitrogens with zero attached hydrogens (tertiary/aromatic N) is 1. The molecule has 6 heteroatoms. The first-order valence-corrected chi connectivity index (χ1v) is 8.92. The highest BCUT2D eigenvalue weighted by atomic mass is 35.5. The van der Waals surface area contributed by atoms with E-state index in [4.69, 9.17) is 16.9 Å². The number of rotatable bonds is 5. The minimum atomic E-state index is -4.87. The number of hydrogen-bond donors (Lipinski definition) is 1. The SMILES string of the molecule is Cc1ccc(C(c2ccc(C#N)cc2Cl)C(O)(CC(C)C)C(F)(F)F)cc1. The van der Waals surface area contributed by atoms with Crippen LogP contribution in [0.4, 0.5) is 13.2 Å². The molecule has 0 heterocycles. The van der Waals surface area contributed by atoms with Crippen molar-refractivity contribution in [3.8, 4) is 6.07 Å². The molecule has 0 bridgehead atoms. The zero-order valence-corrected chi connectivity index (χ0v) is 16.1. The number of alkyl halides is 3. The first-order valence-electron chi connectivity index (χ1n) is 8.55. The Balaban J connectivity index is 2.76. The second-order valence-corrected chi connectivity index (χ2v) is 7.62. The monoisotopic (exact) mass is 395 g/mol. The Morgan fingerprint density at radius 1 is 1.11 bits per heavy atom. The summed E-state index contributed by atoms with van der Waals surface area (Å²) < 4.78 is 42.3. The van der Waals surface area contributed by atoms with Gasteiger partial charge >= 0.3 is 6.18 Å². The highest BCUT2D eigenvalue weighted by molar-refractivity contribution is 6.31. The Morgan fingerprint density at radius 3 is 2.15 bits per heavy atom. The maximum absolute atomic E-state index is 14.1. The van der Waals surface area contributed by atoms with Gasteiger partial charge < -0.3 is 5.11 Å². The lowest BCUT2D eigenvalue weighted by molar-refractivity contribution is -0.270. The van der Waals surface area contributed by atoms with E-state index in [1.807, 2.05) is 13.0 Å². The molecule has 0 radical (unpaired) electrons. The molecule has 2 rings (SSSR count). The maximum Gasteiger partial charge on any atom is 0.418 e. The van der Waals surface area contributed by atoms with Crippen LogP contribution < -0.4 is 0 Å². The van der Waals surface area contributed by atoms with Crippen LogP contribution in [0.1, 0.15) is 48.4 Å². The lowest BCUT2D eigenvalue weighted by Gasteiger charge is -2.40. The molecule has 2 atom stereocenters. The molecule has 0 amide bonds. The fourth-order valence-corrected chi connectivity index (χ4v) is 3.61. The van der Waals surface area contributed by atoms with Crippen LogP contribution in [-0.4, -0.2) is 16.9 Å². The zero-order chi connectivity index (χ0) is 20.4. The molecule has 2 unspecified atom stereocenters. The Hall–Kier alpha value is -2.03. The number of aliphatic hydroxyl groups is 1. The van der Waals surface area contributed by atoms with E-state index in [1.54, 1.807) is 38.1 Å². The summed E-state index contributed by atoms with van der Waals surface area (Å²) in [6, 6.07) is 12.6. The van der Waals surface area contributed by atoms with Gasteiger partial charge in [0, 0.05) is 10.9 Å². The van der Waals surface area contributed by atoms with Gasteiger partial charge in [-0.05, 0) is 42.5 Å². The van der Waals surface area contributed by atoms with Gasteiger partial charge in [0.05, 0.1) is 11.6 Å². The summed E-state index contributed by atoms with van der Waals surface area (Å²) in [7, 11) is 0. The van der Waals surface area contributed by atoms with E-state index in [0.29, 0.717) is 5.56 Å². The van der Waals surface area contributed by atoms with Gasteiger partial charge in [-0.2, -0.15) is 18.4 Å². The van der Waals surface area contributed by atoms with Crippen LogP contribution in [0.25, 0.3) is 0 Å². The molecule has 144 valence electrons. The normalized spacial score (nSPS) is 15.3. The molecule has 0 saturated heterocycles. The minimum Gasteiger partial charge on any atom is -0.380 e. The van der Waals surface area contributed by atoms with Crippen LogP contribution in [-0.2, 0) is 0 Å². The standard InChI is InChI=1S/C21H21ClF3NO/c1-13(2)11-20(27,21(23,24)25)19(16-7-4-14(3)5-8-16)17-9-6-15(12-26)10-18(17)22/h4-10,13,19,27H,11H2,1-3H3. The van der Waals surface area contributed by atoms with Gasteiger partial charge in [-0.25, -0.2) is 0 Å². The highest BCUT2D eigenvalue weighted by Crippen LogP contribution is 2.49. The third kappa shape index (κ3) is 4.45. The van der Waals surface area contributed by atoms with Crippen molar-refractivity contribution in [3.05, 3.63) is 69.7 Å². The summed E-state index contributed by atoms with van der Waals surface area (Å²) in [6.45, 7) is 5.09. The van der Waals surface area contributed by atoms with E-state index < -0.39 is 30.0 Å². The Labute approximate surface area is 162 Å². The van der Waals surface area contributed by atoms with E-state index in [9.17, 15) is 18.3 Å². The summed E-state index contributed by atoms with van der Waals surface area (Å²) >= 11 is 6.25. The van der Waals surface area contributed by atoms with E-state index in [2.05, 4.69) is 0 Å². The molecule has 0 aliphatic heterocycles. The van der Waals surface area contributed by atoms with Crippen LogP contribution in [0.2, 0.25) is 5.02 Å². The van der Waals surface area contributed by atoms with Crippen molar-refractivity contribution in [1.29, 1.82) is 5.26 Å². The highest BCUT2D eigenvalue weighted by Gasteiger charge is 2.59. The molecule has 2 nitrogen and oxygen atoms in total. The molecular weight excluding hydrogens is 375 g/mol. The first kappa shape index (κ1) is 21.3. The lowest BCUT2D eigenvalue weighted by atomic mass is 9.72. The average Bonchev–Trinajstić information content (AvgIpc) is 2.56. The third-order valence-electron chi connectivity index (χ3n) is 4.54. The molecule has 0 saturated carbocycles. The predicted octanol–water partition coefficient (Wildman–Crippen LogP) is 5.99. The second-order valence-electron chi connectivity index (χ2n) is 7.21. The van der Waals surface area contributed by atoms with Crippen LogP contribution in [0.5, 0.6) is 0 Å². The van der Waals surface area contributed by atoms with Gasteiger partial charge in [-0.3, -0.25) is 0 Å². The van der Waals surface area contributed by atoms with E-state index in [0.717, 1.165) is 5.56 Å². The van der Waals surface area contributed by atoms with Crippen LogP contribution >= 0.6 is 11.6 Å². The maximum atomic E-state index is 14.1. The quantitative estimate of drug-likeness (QED) is 0.675. The molecule has 2 aromatic rings. The van der Waals surface area contributed by atoms with Crippen molar-refractivity contribution < 1.29 is 18.3 Å². The van der Waals surface area contributed by atoms with Gasteiger partial charge in [-0.1, -0.05) is 61.3 Å². The first-order chi connectivity index (χ1) is 12.5. The van der Waals surface area contributed by atoms with Crippen molar-refractivity contribution in [3.63, 3.8) is 0 Å². The van der Waals surface area contributed by atoms with Crippen LogP contribution in [0.3, 0.4) is 0 Å². The smallest absolute Gasteiger partial charge is 0.380 e. The van der Waals surface area contributed by atoms with Crippen molar-refractivity contribution in [2.24, 2.45) is 5.92 Å². The zero-order valence-electron chi connectivity index (χ0n) is 15.3. The summed E-state index contributed by atoms with van der Waals surface area (Å²) in [4.78, 5) is 0. The molecule has 1 N–H and O–H groups in total. The minimum absolute atomic E-state index is 0.0195. The molecule has 0 aromatic heterocycles. The van der Waals surface area contributed by atoms with E-state index in [-0.39, 0.29) is 16.1 Å². The lowest BCUT2D eigenvalue weighted by Crippen LogP contribution is -2.51. The number of benzene rings is 2. The largest absolute Gasteiger partial charge is 0.418 e. The summed E-state index contributed by atoms with van der Waals surface area (Å²) in [5, 5.41) is 20.0. The number of hydrogen-bond acceptors (Lipinski definition) is 2. The topological polar surface area (TPSA) is 44.0 Å². The van der Waals surface area contributed by atoms with E-state index in [1.165, 1.54) is 18.2 Å². The van der Waals surface area contributed by atoms with Crippen LogP contribution in [0, 0.1) is 24.2 Å². The molecular formula is C21H21ClF3NO. The number of nitriles is 1. The molecule has 0 fully saturated rings. The number of halogens is 4. The fourth-order valence-electron chi connectivity index (χ4n) is 3.32. The van der Waals surface area contributed by atoms with Crippen molar-refractivity contribution in [2.75, 3.05) is 0 Å². The third-order valence-corrected chi connectivity index (χ3v) is 4.87. The summed E-state index contributed by atoms with van der Waals surface area (Å²) in [5.41, 5.74) is -1.42. The Bertz CT molecular complexity index is 840. The summed E-state index contributed by atoms with van der Waals surface area (Å²) in [5.74, 6) is -1.82. The van der Waals surface area contributed by atoms with Crippen molar-refractivity contribution in [2.45, 2.75) is 44.9 Å². The van der Waals surface area contributed by atoms with Gasteiger partial charge in [-0.15, -0.1) is 0 Å². The molecule has 0 aliphatic carbocycles. The fraction of sp³-hybridized carbons (Fsp3) is 0.381. The Kier molecular flexibility index (Phi) is 6.24. The van der Waals surface area contributed by atoms with Gasteiger partial charge in [0.15, 0.2) is 5.60 Å².